The second-order valence-electron chi connectivity index (χ2n) is 4.91. The lowest BCUT2D eigenvalue weighted by atomic mass is 10.1. The van der Waals surface area contributed by atoms with E-state index < -0.39 is 0 Å². The lowest BCUT2D eigenvalue weighted by Crippen LogP contribution is -2.29. The number of likely N-dealkylation sites (N-methyl/N-ethyl adjacent to an activating group) is 1. The van der Waals surface area contributed by atoms with E-state index in [9.17, 15) is 4.79 Å². The number of carbonyl (C=O) groups is 1. The first kappa shape index (κ1) is 15.3. The number of ketones is 1. The van der Waals surface area contributed by atoms with Gasteiger partial charge in [-0.2, -0.15) is 0 Å². The molecule has 3 nitrogen and oxygen atoms in total. The zero-order valence-corrected chi connectivity index (χ0v) is 12.6. The van der Waals surface area contributed by atoms with Gasteiger partial charge >= 0.3 is 0 Å². The zero-order chi connectivity index (χ0) is 15.1. The summed E-state index contributed by atoms with van der Waals surface area (Å²) in [5.41, 5.74) is 1.86. The molecule has 2 aromatic carbocycles. The summed E-state index contributed by atoms with van der Waals surface area (Å²) in [5, 5.41) is 0. The molecule has 0 aliphatic carbocycles. The number of Topliss-reactive ketones (excluding diaryl/α,β-unsaturated/α-hetero) is 1. The van der Waals surface area contributed by atoms with Crippen molar-refractivity contribution in [2.75, 3.05) is 20.2 Å². The van der Waals surface area contributed by atoms with Crippen LogP contribution in [0.1, 0.15) is 22.8 Å². The average molecular weight is 283 g/mol. The van der Waals surface area contributed by atoms with Gasteiger partial charge in [0.05, 0.1) is 19.2 Å². The van der Waals surface area contributed by atoms with Gasteiger partial charge in [-0.25, -0.2) is 0 Å². The lowest BCUT2D eigenvalue weighted by Gasteiger charge is -2.20. The number of para-hydroxylation sites is 1. The predicted octanol–water partition coefficient (Wildman–Crippen LogP) is 3.40. The molecule has 0 aliphatic heterocycles. The summed E-state index contributed by atoms with van der Waals surface area (Å²) in [4.78, 5) is 14.6. The summed E-state index contributed by atoms with van der Waals surface area (Å²) in [6, 6.07) is 17.6. The van der Waals surface area contributed by atoms with Crippen molar-refractivity contribution in [2.45, 2.75) is 13.5 Å². The Bertz CT molecular complexity index is 581. The van der Waals surface area contributed by atoms with Gasteiger partial charge in [-0.3, -0.25) is 9.69 Å². The Balaban J connectivity index is 2.06. The molecule has 21 heavy (non-hydrogen) atoms. The van der Waals surface area contributed by atoms with E-state index in [2.05, 4.69) is 24.0 Å². The van der Waals surface area contributed by atoms with Crippen molar-refractivity contribution in [3.05, 3.63) is 65.7 Å². The summed E-state index contributed by atoms with van der Waals surface area (Å²) >= 11 is 0. The average Bonchev–Trinajstić information content (AvgIpc) is 2.55. The smallest absolute Gasteiger partial charge is 0.180 e. The molecule has 0 saturated heterocycles. The van der Waals surface area contributed by atoms with Crippen LogP contribution in [0.4, 0.5) is 0 Å². The van der Waals surface area contributed by atoms with Crippen LogP contribution in [0.3, 0.4) is 0 Å². The lowest BCUT2D eigenvalue weighted by molar-refractivity contribution is 0.0926. The first-order chi connectivity index (χ1) is 10.2. The van der Waals surface area contributed by atoms with Gasteiger partial charge in [0.2, 0.25) is 0 Å². The van der Waals surface area contributed by atoms with Crippen LogP contribution in [-0.4, -0.2) is 30.9 Å². The predicted molar refractivity (Wildman–Crippen MR) is 84.7 cm³/mol. The van der Waals surface area contributed by atoms with Gasteiger partial charge in [0, 0.05) is 6.54 Å². The van der Waals surface area contributed by atoms with Crippen molar-refractivity contribution in [3.8, 4) is 5.75 Å². The highest BCUT2D eigenvalue weighted by molar-refractivity contribution is 6.00. The minimum Gasteiger partial charge on any atom is -0.496 e. The highest BCUT2D eigenvalue weighted by atomic mass is 16.5. The second-order valence-corrected chi connectivity index (χ2v) is 4.91. The number of ether oxygens (including phenoxy) is 1. The topological polar surface area (TPSA) is 29.5 Å². The highest BCUT2D eigenvalue weighted by Gasteiger charge is 2.15. The van der Waals surface area contributed by atoms with Gasteiger partial charge in [-0.05, 0) is 24.2 Å². The van der Waals surface area contributed by atoms with E-state index >= 15 is 0 Å². The normalized spacial score (nSPS) is 10.6. The molecule has 0 radical (unpaired) electrons. The number of rotatable bonds is 7. The quantitative estimate of drug-likeness (QED) is 0.729. The Hall–Kier alpha value is -2.13. The molecule has 0 atom stereocenters. The Morgan fingerprint density at radius 2 is 1.71 bits per heavy atom. The fourth-order valence-electron chi connectivity index (χ4n) is 2.28. The van der Waals surface area contributed by atoms with Gasteiger partial charge < -0.3 is 4.74 Å². The molecule has 0 spiro atoms. The number of nitrogens with zero attached hydrogens (tertiary/aromatic N) is 1. The molecule has 0 saturated carbocycles. The SMILES string of the molecule is CCN(CC(=O)c1ccccc1OC)Cc1ccccc1. The number of hydrogen-bond acceptors (Lipinski definition) is 3. The molecule has 110 valence electrons. The Labute approximate surface area is 126 Å². The maximum atomic E-state index is 12.5. The summed E-state index contributed by atoms with van der Waals surface area (Å²) in [7, 11) is 1.59. The monoisotopic (exact) mass is 283 g/mol. The number of benzene rings is 2. The molecule has 3 heteroatoms. The Kier molecular flexibility index (Phi) is 5.52. The third-order valence-corrected chi connectivity index (χ3v) is 3.47. The van der Waals surface area contributed by atoms with Crippen LogP contribution in [0.5, 0.6) is 5.75 Å². The van der Waals surface area contributed by atoms with E-state index in [0.717, 1.165) is 13.1 Å². The van der Waals surface area contributed by atoms with E-state index in [1.54, 1.807) is 7.11 Å². The zero-order valence-electron chi connectivity index (χ0n) is 12.6. The van der Waals surface area contributed by atoms with Crippen molar-refractivity contribution < 1.29 is 9.53 Å². The van der Waals surface area contributed by atoms with E-state index in [1.807, 2.05) is 42.5 Å². The maximum absolute atomic E-state index is 12.5. The Morgan fingerprint density at radius 3 is 2.38 bits per heavy atom. The summed E-state index contributed by atoms with van der Waals surface area (Å²) in [6.45, 7) is 4.07. The van der Waals surface area contributed by atoms with Crippen molar-refractivity contribution >= 4 is 5.78 Å². The van der Waals surface area contributed by atoms with Gasteiger partial charge in [-0.1, -0.05) is 49.4 Å². The summed E-state index contributed by atoms with van der Waals surface area (Å²) in [5.74, 6) is 0.725. The molecule has 0 bridgehead atoms. The highest BCUT2D eigenvalue weighted by Crippen LogP contribution is 2.18. The van der Waals surface area contributed by atoms with E-state index in [0.29, 0.717) is 17.9 Å². The number of hydrogen-bond donors (Lipinski definition) is 0. The van der Waals surface area contributed by atoms with E-state index in [4.69, 9.17) is 4.74 Å². The molecule has 0 unspecified atom stereocenters. The second kappa shape index (κ2) is 7.60. The van der Waals surface area contributed by atoms with Crippen LogP contribution in [0.2, 0.25) is 0 Å². The van der Waals surface area contributed by atoms with Gasteiger partial charge in [0.25, 0.3) is 0 Å². The van der Waals surface area contributed by atoms with Crippen LogP contribution < -0.4 is 4.74 Å². The molecule has 0 heterocycles. The first-order valence-corrected chi connectivity index (χ1v) is 7.17. The molecule has 0 aliphatic rings. The van der Waals surface area contributed by atoms with E-state index in [1.165, 1.54) is 5.56 Å². The fraction of sp³-hybridized carbons (Fsp3) is 0.278. The third-order valence-electron chi connectivity index (χ3n) is 3.47. The van der Waals surface area contributed by atoms with Crippen molar-refractivity contribution in [1.29, 1.82) is 0 Å². The largest absolute Gasteiger partial charge is 0.496 e. The molecular weight excluding hydrogens is 262 g/mol. The summed E-state index contributed by atoms with van der Waals surface area (Å²) in [6.07, 6.45) is 0. The maximum Gasteiger partial charge on any atom is 0.180 e. The minimum atomic E-state index is 0.0882. The Morgan fingerprint density at radius 1 is 1.05 bits per heavy atom. The van der Waals surface area contributed by atoms with Crippen LogP contribution in [-0.2, 0) is 6.54 Å². The van der Waals surface area contributed by atoms with Crippen molar-refractivity contribution in [1.82, 2.24) is 4.90 Å². The van der Waals surface area contributed by atoms with Crippen LogP contribution in [0, 0.1) is 0 Å². The van der Waals surface area contributed by atoms with Crippen molar-refractivity contribution in [3.63, 3.8) is 0 Å². The first-order valence-electron chi connectivity index (χ1n) is 7.17. The minimum absolute atomic E-state index is 0.0882. The molecule has 0 fully saturated rings. The van der Waals surface area contributed by atoms with E-state index in [-0.39, 0.29) is 5.78 Å². The van der Waals surface area contributed by atoms with Crippen LogP contribution in [0.15, 0.2) is 54.6 Å². The van der Waals surface area contributed by atoms with Gasteiger partial charge in [0.15, 0.2) is 5.78 Å². The standard InChI is InChI=1S/C18H21NO2/c1-3-19(13-15-9-5-4-6-10-15)14-17(20)16-11-7-8-12-18(16)21-2/h4-12H,3,13-14H2,1-2H3. The van der Waals surface area contributed by atoms with Crippen molar-refractivity contribution in [2.24, 2.45) is 0 Å². The molecule has 2 rings (SSSR count). The van der Waals surface area contributed by atoms with Crippen LogP contribution in [0.25, 0.3) is 0 Å². The molecule has 0 N–H and O–H groups in total. The fourth-order valence-corrected chi connectivity index (χ4v) is 2.28. The molecule has 2 aromatic rings. The number of methoxy groups -OCH3 is 1. The van der Waals surface area contributed by atoms with Gasteiger partial charge in [0.1, 0.15) is 5.75 Å². The van der Waals surface area contributed by atoms with Crippen LogP contribution >= 0.6 is 0 Å². The molecule has 0 amide bonds. The number of carbonyl (C=O) groups excluding carboxylic acids is 1. The van der Waals surface area contributed by atoms with Gasteiger partial charge in [-0.15, -0.1) is 0 Å². The molecule has 0 aromatic heterocycles. The summed E-state index contributed by atoms with van der Waals surface area (Å²) < 4.78 is 5.26. The molecular formula is C18H21NO2. The third kappa shape index (κ3) is 4.17.